The molecule has 0 aliphatic carbocycles. The number of anilines is 1. The van der Waals surface area contributed by atoms with Gasteiger partial charge in [0, 0.05) is 12.7 Å². The fraction of sp³-hybridized carbons (Fsp3) is 0.333. The number of hydrogen-bond acceptors (Lipinski definition) is 9. The summed E-state index contributed by atoms with van der Waals surface area (Å²) in [5, 5.41) is 2.83. The van der Waals surface area contributed by atoms with Crippen molar-refractivity contribution >= 4 is 11.9 Å². The quantitative estimate of drug-likeness (QED) is 0.627. The van der Waals surface area contributed by atoms with Crippen LogP contribution in [-0.2, 0) is 9.47 Å². The van der Waals surface area contributed by atoms with Crippen LogP contribution in [-0.4, -0.2) is 41.9 Å². The van der Waals surface area contributed by atoms with Crippen LogP contribution in [0, 0.1) is 0 Å². The lowest BCUT2D eigenvalue weighted by Crippen LogP contribution is -2.09. The van der Waals surface area contributed by atoms with Crippen LogP contribution in [0.1, 0.15) is 28.9 Å². The van der Waals surface area contributed by atoms with Gasteiger partial charge in [-0.15, -0.1) is 4.98 Å². The first-order valence-electron chi connectivity index (χ1n) is 7.17. The third-order valence-electron chi connectivity index (χ3n) is 3.34. The van der Waals surface area contributed by atoms with Crippen molar-refractivity contribution in [2.24, 2.45) is 0 Å². The highest BCUT2D eigenvalue weighted by atomic mass is 16.6. The smallest absolute Gasteiger partial charge is 0.342 e. The molecule has 0 fully saturated rings. The van der Waals surface area contributed by atoms with Crippen LogP contribution in [0.2, 0.25) is 0 Å². The molecule has 0 saturated carbocycles. The van der Waals surface area contributed by atoms with E-state index in [0.717, 1.165) is 5.56 Å². The highest BCUT2D eigenvalue weighted by Crippen LogP contribution is 2.37. The van der Waals surface area contributed by atoms with Crippen molar-refractivity contribution in [1.29, 1.82) is 0 Å². The molecule has 24 heavy (non-hydrogen) atoms. The number of carbonyl (C=O) groups is 1. The molecule has 1 aliphatic heterocycles. The lowest BCUT2D eigenvalue weighted by molar-refractivity contribution is 0.0420. The highest BCUT2D eigenvalue weighted by molar-refractivity contribution is 5.97. The lowest BCUT2D eigenvalue weighted by Gasteiger charge is -2.09. The van der Waals surface area contributed by atoms with Gasteiger partial charge in [-0.3, -0.25) is 0 Å². The Morgan fingerprint density at radius 2 is 2.00 bits per heavy atom. The molecule has 9 heteroatoms. The normalized spacial score (nSPS) is 15.6. The van der Waals surface area contributed by atoms with Crippen LogP contribution in [0.3, 0.4) is 0 Å². The molecule has 0 bridgehead atoms. The Balaban J connectivity index is 1.93. The molecule has 0 saturated heterocycles. The number of hydrogen-bond donors (Lipinski definition) is 1. The summed E-state index contributed by atoms with van der Waals surface area (Å²) in [6.07, 6.45) is -0.317. The van der Waals surface area contributed by atoms with Gasteiger partial charge in [0.2, 0.25) is 5.95 Å². The Kier molecular flexibility index (Phi) is 4.43. The van der Waals surface area contributed by atoms with Gasteiger partial charge in [0.15, 0.2) is 0 Å². The van der Waals surface area contributed by atoms with Crippen LogP contribution < -0.4 is 14.8 Å². The molecule has 3 rings (SSSR count). The minimum atomic E-state index is -0.438. The molecule has 1 N–H and O–H groups in total. The Bertz CT molecular complexity index is 768. The number of benzene rings is 1. The third kappa shape index (κ3) is 3.06. The van der Waals surface area contributed by atoms with E-state index in [1.807, 2.05) is 6.07 Å². The number of esters is 1. The second-order valence-electron chi connectivity index (χ2n) is 4.91. The van der Waals surface area contributed by atoms with E-state index in [0.29, 0.717) is 11.3 Å². The summed E-state index contributed by atoms with van der Waals surface area (Å²) < 4.78 is 20.8. The largest absolute Gasteiger partial charge is 0.467 e. The van der Waals surface area contributed by atoms with E-state index in [9.17, 15) is 4.79 Å². The first-order chi connectivity index (χ1) is 11.6. The Labute approximate surface area is 137 Å². The van der Waals surface area contributed by atoms with Gasteiger partial charge in [0.05, 0.1) is 7.11 Å². The Morgan fingerprint density at radius 3 is 2.75 bits per heavy atom. The van der Waals surface area contributed by atoms with Crippen LogP contribution in [0.25, 0.3) is 0 Å². The fourth-order valence-electron chi connectivity index (χ4n) is 2.26. The number of rotatable bonds is 6. The maximum absolute atomic E-state index is 12.0. The minimum Gasteiger partial charge on any atom is -0.467 e. The number of ether oxygens (including phenoxy) is 4. The average Bonchev–Trinajstić information content (AvgIpc) is 2.88. The van der Waals surface area contributed by atoms with Gasteiger partial charge in [0.25, 0.3) is 0 Å². The van der Waals surface area contributed by atoms with Crippen LogP contribution in [0.4, 0.5) is 5.95 Å². The SMILES string of the molecule is COCNc1nc(OC)nc(Oc2cccc3c2C(=O)OC3C)n1. The average molecular weight is 332 g/mol. The molecule has 1 aromatic carbocycles. The molecule has 0 radical (unpaired) electrons. The van der Waals surface area contributed by atoms with E-state index in [1.54, 1.807) is 19.1 Å². The number of nitrogens with one attached hydrogen (secondary N) is 1. The lowest BCUT2D eigenvalue weighted by atomic mass is 10.1. The van der Waals surface area contributed by atoms with Gasteiger partial charge in [0.1, 0.15) is 24.1 Å². The molecule has 2 aromatic rings. The zero-order valence-corrected chi connectivity index (χ0v) is 13.4. The topological polar surface area (TPSA) is 105 Å². The molecule has 0 spiro atoms. The summed E-state index contributed by atoms with van der Waals surface area (Å²) >= 11 is 0. The highest BCUT2D eigenvalue weighted by Gasteiger charge is 2.31. The maximum Gasteiger partial charge on any atom is 0.342 e. The molecular formula is C15H16N4O5. The number of fused-ring (bicyclic) bond motifs is 1. The monoisotopic (exact) mass is 332 g/mol. The third-order valence-corrected chi connectivity index (χ3v) is 3.34. The van der Waals surface area contributed by atoms with Gasteiger partial charge in [-0.05, 0) is 13.0 Å². The van der Waals surface area contributed by atoms with E-state index in [1.165, 1.54) is 14.2 Å². The first-order valence-corrected chi connectivity index (χ1v) is 7.17. The van der Waals surface area contributed by atoms with E-state index in [-0.39, 0.29) is 30.8 Å². The molecule has 1 aromatic heterocycles. The molecule has 9 nitrogen and oxygen atoms in total. The van der Waals surface area contributed by atoms with Crippen LogP contribution >= 0.6 is 0 Å². The fourth-order valence-corrected chi connectivity index (χ4v) is 2.26. The van der Waals surface area contributed by atoms with Gasteiger partial charge in [-0.2, -0.15) is 9.97 Å². The maximum atomic E-state index is 12.0. The molecule has 1 unspecified atom stereocenters. The summed E-state index contributed by atoms with van der Waals surface area (Å²) in [7, 11) is 2.96. The summed E-state index contributed by atoms with van der Waals surface area (Å²) in [4.78, 5) is 24.2. The summed E-state index contributed by atoms with van der Waals surface area (Å²) in [6, 6.07) is 5.30. The Hall–Kier alpha value is -2.94. The summed E-state index contributed by atoms with van der Waals surface area (Å²) in [5.41, 5.74) is 1.13. The summed E-state index contributed by atoms with van der Waals surface area (Å²) in [6.45, 7) is 2.00. The predicted molar refractivity (Wildman–Crippen MR) is 82.2 cm³/mol. The van der Waals surface area contributed by atoms with Crippen LogP contribution in [0.5, 0.6) is 17.8 Å². The minimum absolute atomic E-state index is 0.0128. The number of nitrogens with zero attached hydrogens (tertiary/aromatic N) is 3. The standard InChI is InChI=1S/C15H16N4O5/c1-8-9-5-4-6-10(11(9)12(20)23-8)24-15-18-13(16-7-21-2)17-14(19-15)22-3/h4-6,8H,7H2,1-3H3,(H,16,17,18,19). The van der Waals surface area contributed by atoms with Gasteiger partial charge in [-0.1, -0.05) is 12.1 Å². The number of cyclic esters (lactones) is 1. The van der Waals surface area contributed by atoms with Gasteiger partial charge >= 0.3 is 18.0 Å². The van der Waals surface area contributed by atoms with Crippen LogP contribution in [0.15, 0.2) is 18.2 Å². The Morgan fingerprint density at radius 1 is 1.21 bits per heavy atom. The van der Waals surface area contributed by atoms with Gasteiger partial charge < -0.3 is 24.3 Å². The molecule has 1 aliphatic rings. The second-order valence-corrected chi connectivity index (χ2v) is 4.91. The van der Waals surface area contributed by atoms with Crippen molar-refractivity contribution in [3.8, 4) is 17.8 Å². The number of methoxy groups -OCH3 is 2. The zero-order chi connectivity index (χ0) is 17.1. The van der Waals surface area contributed by atoms with E-state index < -0.39 is 5.97 Å². The second kappa shape index (κ2) is 6.67. The van der Waals surface area contributed by atoms with E-state index >= 15 is 0 Å². The van der Waals surface area contributed by atoms with Crippen molar-refractivity contribution in [2.45, 2.75) is 13.0 Å². The molecule has 2 heterocycles. The van der Waals surface area contributed by atoms with Crippen molar-refractivity contribution in [3.63, 3.8) is 0 Å². The van der Waals surface area contributed by atoms with Crippen molar-refractivity contribution in [1.82, 2.24) is 15.0 Å². The predicted octanol–water partition coefficient (Wildman–Crippen LogP) is 1.92. The first kappa shape index (κ1) is 15.9. The van der Waals surface area contributed by atoms with Gasteiger partial charge in [-0.25, -0.2) is 4.79 Å². The summed E-state index contributed by atoms with van der Waals surface area (Å²) in [5.74, 6) is 0.0990. The molecule has 1 atom stereocenters. The molecular weight excluding hydrogens is 316 g/mol. The number of aromatic nitrogens is 3. The van der Waals surface area contributed by atoms with Crippen molar-refractivity contribution in [2.75, 3.05) is 26.3 Å². The van der Waals surface area contributed by atoms with Crippen molar-refractivity contribution < 1.29 is 23.7 Å². The zero-order valence-electron chi connectivity index (χ0n) is 13.4. The van der Waals surface area contributed by atoms with E-state index in [2.05, 4.69) is 20.3 Å². The van der Waals surface area contributed by atoms with E-state index in [4.69, 9.17) is 18.9 Å². The number of carbonyl (C=O) groups excluding carboxylic acids is 1. The molecule has 0 amide bonds. The molecule has 126 valence electrons. The van der Waals surface area contributed by atoms with Crippen molar-refractivity contribution in [3.05, 3.63) is 29.3 Å².